The van der Waals surface area contributed by atoms with Crippen molar-refractivity contribution in [1.82, 2.24) is 5.32 Å². The Kier molecular flexibility index (Phi) is 8.32. The van der Waals surface area contributed by atoms with E-state index >= 15 is 0 Å². The molecule has 2 aromatic carbocycles. The van der Waals surface area contributed by atoms with Crippen LogP contribution in [-0.4, -0.2) is 11.9 Å². The van der Waals surface area contributed by atoms with Gasteiger partial charge in [0, 0.05) is 10.5 Å². The van der Waals surface area contributed by atoms with Crippen LogP contribution < -0.4 is 10.1 Å². The predicted octanol–water partition coefficient (Wildman–Crippen LogP) is 5.83. The molecular formula is C20H17Br2IN2O2. The highest BCUT2D eigenvalue weighted by molar-refractivity contribution is 14.1. The van der Waals surface area contributed by atoms with Crippen LogP contribution in [0.25, 0.3) is 6.08 Å². The van der Waals surface area contributed by atoms with E-state index in [-0.39, 0.29) is 17.5 Å². The summed E-state index contributed by atoms with van der Waals surface area (Å²) >= 11 is 9.12. The maximum absolute atomic E-state index is 12.1. The minimum atomic E-state index is -0.380. The summed E-state index contributed by atoms with van der Waals surface area (Å²) in [6.07, 6.45) is 1.57. The lowest BCUT2D eigenvalue weighted by atomic mass is 10.1. The summed E-state index contributed by atoms with van der Waals surface area (Å²) < 4.78 is 8.61. The highest BCUT2D eigenvalue weighted by Crippen LogP contribution is 2.33. The molecular weight excluding hydrogens is 587 g/mol. The van der Waals surface area contributed by atoms with Crippen molar-refractivity contribution in [2.75, 3.05) is 0 Å². The van der Waals surface area contributed by atoms with Gasteiger partial charge < -0.3 is 10.1 Å². The van der Waals surface area contributed by atoms with Crippen molar-refractivity contribution in [3.8, 4) is 11.8 Å². The van der Waals surface area contributed by atoms with Crippen LogP contribution in [0.1, 0.15) is 25.0 Å². The van der Waals surface area contributed by atoms with Gasteiger partial charge in [0.2, 0.25) is 0 Å². The molecule has 1 amide bonds. The van der Waals surface area contributed by atoms with Crippen LogP contribution >= 0.6 is 54.5 Å². The Balaban J connectivity index is 2.20. The molecule has 0 aliphatic rings. The van der Waals surface area contributed by atoms with Crippen molar-refractivity contribution >= 4 is 66.4 Å². The van der Waals surface area contributed by atoms with Crippen molar-refractivity contribution in [2.45, 2.75) is 26.5 Å². The molecule has 4 nitrogen and oxygen atoms in total. The van der Waals surface area contributed by atoms with E-state index in [4.69, 9.17) is 4.74 Å². The van der Waals surface area contributed by atoms with Gasteiger partial charge in [-0.15, -0.1) is 0 Å². The first-order valence-corrected chi connectivity index (χ1v) is 10.8. The lowest BCUT2D eigenvalue weighted by Gasteiger charge is -2.12. The van der Waals surface area contributed by atoms with Crippen molar-refractivity contribution in [2.24, 2.45) is 0 Å². The molecule has 0 saturated carbocycles. The molecule has 7 heteroatoms. The van der Waals surface area contributed by atoms with Crippen molar-refractivity contribution in [3.63, 3.8) is 0 Å². The number of halogens is 3. The number of carbonyl (C=O) groups is 1. The summed E-state index contributed by atoms with van der Waals surface area (Å²) in [6.45, 7) is 4.14. The predicted molar refractivity (Wildman–Crippen MR) is 122 cm³/mol. The topological polar surface area (TPSA) is 62.1 Å². The van der Waals surface area contributed by atoms with Crippen LogP contribution in [0.3, 0.4) is 0 Å². The Labute approximate surface area is 189 Å². The zero-order chi connectivity index (χ0) is 20.0. The van der Waals surface area contributed by atoms with Gasteiger partial charge in [-0.25, -0.2) is 0 Å². The van der Waals surface area contributed by atoms with Gasteiger partial charge in [0.15, 0.2) is 0 Å². The van der Waals surface area contributed by atoms with Gasteiger partial charge in [-0.2, -0.15) is 5.26 Å². The van der Waals surface area contributed by atoms with Gasteiger partial charge in [0.05, 0.1) is 8.04 Å². The first-order chi connectivity index (χ1) is 12.8. The summed E-state index contributed by atoms with van der Waals surface area (Å²) in [7, 11) is 0. The Hall–Kier alpha value is -1.37. The lowest BCUT2D eigenvalue weighted by Crippen LogP contribution is -2.30. The maximum atomic E-state index is 12.1. The van der Waals surface area contributed by atoms with Gasteiger partial charge in [0.1, 0.15) is 24.0 Å². The number of nitriles is 1. The number of hydrogen-bond acceptors (Lipinski definition) is 3. The van der Waals surface area contributed by atoms with Crippen LogP contribution in [0.15, 0.2) is 50.9 Å². The third-order valence-electron chi connectivity index (χ3n) is 3.41. The van der Waals surface area contributed by atoms with Gasteiger partial charge in [-0.1, -0.05) is 28.1 Å². The lowest BCUT2D eigenvalue weighted by molar-refractivity contribution is -0.117. The highest BCUT2D eigenvalue weighted by Gasteiger charge is 2.13. The van der Waals surface area contributed by atoms with E-state index in [2.05, 4.69) is 59.8 Å². The molecule has 0 heterocycles. The smallest absolute Gasteiger partial charge is 0.262 e. The number of carbonyl (C=O) groups excluding carboxylic acids is 1. The van der Waals surface area contributed by atoms with E-state index in [0.29, 0.717) is 6.61 Å². The summed E-state index contributed by atoms with van der Waals surface area (Å²) in [4.78, 5) is 12.1. The van der Waals surface area contributed by atoms with E-state index in [9.17, 15) is 10.1 Å². The molecule has 0 saturated heterocycles. The molecule has 0 aliphatic carbocycles. The number of rotatable bonds is 6. The normalized spacial score (nSPS) is 11.2. The molecule has 0 atom stereocenters. The number of amides is 1. The minimum Gasteiger partial charge on any atom is -0.487 e. The summed E-state index contributed by atoms with van der Waals surface area (Å²) in [5.74, 6) is 0.343. The van der Waals surface area contributed by atoms with Gasteiger partial charge >= 0.3 is 0 Å². The summed E-state index contributed by atoms with van der Waals surface area (Å²) in [5, 5.41) is 12.0. The SMILES string of the molecule is CC(C)NC(=O)/C(C#N)=C\c1cc(Br)c(OCc2ccc(Br)cc2)c(I)c1. The first-order valence-electron chi connectivity index (χ1n) is 8.09. The van der Waals surface area contributed by atoms with Crippen molar-refractivity contribution in [1.29, 1.82) is 5.26 Å². The van der Waals surface area contributed by atoms with Crippen LogP contribution in [0.5, 0.6) is 5.75 Å². The summed E-state index contributed by atoms with van der Waals surface area (Å²) in [5.41, 5.74) is 1.87. The maximum Gasteiger partial charge on any atom is 0.262 e. The van der Waals surface area contributed by atoms with E-state index in [1.165, 1.54) is 0 Å². The molecule has 0 aliphatic heterocycles. The number of ether oxygens (including phenoxy) is 1. The zero-order valence-electron chi connectivity index (χ0n) is 14.7. The molecule has 27 heavy (non-hydrogen) atoms. The third-order valence-corrected chi connectivity index (χ3v) is 5.33. The molecule has 140 valence electrons. The second kappa shape index (κ2) is 10.2. The first kappa shape index (κ1) is 21.9. The number of nitrogens with one attached hydrogen (secondary N) is 1. The van der Waals surface area contributed by atoms with Crippen LogP contribution in [0, 0.1) is 14.9 Å². The van der Waals surface area contributed by atoms with Gasteiger partial charge in [0.25, 0.3) is 5.91 Å². The Morgan fingerprint density at radius 2 is 1.96 bits per heavy atom. The van der Waals surface area contributed by atoms with E-state index in [0.717, 1.165) is 29.4 Å². The second-order valence-corrected chi connectivity index (χ2v) is 8.96. The molecule has 0 unspecified atom stereocenters. The van der Waals surface area contributed by atoms with Crippen molar-refractivity contribution < 1.29 is 9.53 Å². The Morgan fingerprint density at radius 1 is 1.30 bits per heavy atom. The quantitative estimate of drug-likeness (QED) is 0.257. The standard InChI is InChI=1S/C20H17Br2IN2O2/c1-12(2)25-20(26)15(10-24)7-14-8-17(22)19(18(23)9-14)27-11-13-3-5-16(21)6-4-13/h3-9,12H,11H2,1-2H3,(H,25,26)/b15-7-. The zero-order valence-corrected chi connectivity index (χ0v) is 20.1. The molecule has 2 aromatic rings. The second-order valence-electron chi connectivity index (χ2n) is 6.03. The highest BCUT2D eigenvalue weighted by atomic mass is 127. The van der Waals surface area contributed by atoms with Gasteiger partial charge in [-0.3, -0.25) is 4.79 Å². The van der Waals surface area contributed by atoms with Crippen LogP contribution in [0.4, 0.5) is 0 Å². The molecule has 0 fully saturated rings. The minimum absolute atomic E-state index is 0.0319. The van der Waals surface area contributed by atoms with E-state index in [1.54, 1.807) is 6.08 Å². The molecule has 0 aromatic heterocycles. The largest absolute Gasteiger partial charge is 0.487 e. The Bertz CT molecular complexity index is 880. The fourth-order valence-electron chi connectivity index (χ4n) is 2.19. The Morgan fingerprint density at radius 3 is 2.52 bits per heavy atom. The fraction of sp³-hybridized carbons (Fsp3) is 0.200. The number of nitrogens with zero attached hydrogens (tertiary/aromatic N) is 1. The average molecular weight is 604 g/mol. The molecule has 0 radical (unpaired) electrons. The monoisotopic (exact) mass is 602 g/mol. The fourth-order valence-corrected chi connectivity index (χ4v) is 4.23. The average Bonchev–Trinajstić information content (AvgIpc) is 2.59. The molecule has 0 bridgehead atoms. The summed E-state index contributed by atoms with van der Waals surface area (Å²) in [6, 6.07) is 13.6. The van der Waals surface area contributed by atoms with Crippen molar-refractivity contribution in [3.05, 3.63) is 65.6 Å². The van der Waals surface area contributed by atoms with Crippen LogP contribution in [-0.2, 0) is 11.4 Å². The molecule has 1 N–H and O–H groups in total. The number of benzene rings is 2. The van der Waals surface area contributed by atoms with Crippen LogP contribution in [0.2, 0.25) is 0 Å². The number of hydrogen-bond donors (Lipinski definition) is 1. The van der Waals surface area contributed by atoms with E-state index < -0.39 is 0 Å². The van der Waals surface area contributed by atoms with E-state index in [1.807, 2.05) is 56.3 Å². The third kappa shape index (κ3) is 6.63. The molecule has 0 spiro atoms. The van der Waals surface area contributed by atoms with Gasteiger partial charge in [-0.05, 0) is 93.8 Å². The molecule has 2 rings (SSSR count).